The summed E-state index contributed by atoms with van der Waals surface area (Å²) in [5.74, 6) is -0.407. The number of hydrogen-bond acceptors (Lipinski definition) is 5. The van der Waals surface area contributed by atoms with Crippen molar-refractivity contribution in [1.82, 2.24) is 9.97 Å². The van der Waals surface area contributed by atoms with Crippen LogP contribution < -0.4 is 10.2 Å². The third-order valence-corrected chi connectivity index (χ3v) is 5.16. The monoisotopic (exact) mass is 356 g/mol. The molecular weight excluding hydrogens is 339 g/mol. The zero-order valence-corrected chi connectivity index (χ0v) is 14.3. The molecule has 1 N–H and O–H groups in total. The molecule has 128 valence electrons. The first-order valence-electron chi connectivity index (χ1n) is 8.20. The van der Waals surface area contributed by atoms with E-state index in [0.717, 1.165) is 36.0 Å². The Morgan fingerprint density at radius 1 is 1.28 bits per heavy atom. The Morgan fingerprint density at radius 3 is 3.04 bits per heavy atom. The van der Waals surface area contributed by atoms with Gasteiger partial charge >= 0.3 is 0 Å². The molecule has 1 fully saturated rings. The summed E-state index contributed by atoms with van der Waals surface area (Å²) >= 11 is 1.41. The third-order valence-electron chi connectivity index (χ3n) is 4.48. The van der Waals surface area contributed by atoms with E-state index in [9.17, 15) is 9.18 Å². The van der Waals surface area contributed by atoms with E-state index in [-0.39, 0.29) is 17.6 Å². The van der Waals surface area contributed by atoms with E-state index in [0.29, 0.717) is 11.7 Å². The van der Waals surface area contributed by atoms with Crippen LogP contribution in [-0.4, -0.2) is 29.0 Å². The van der Waals surface area contributed by atoms with Crippen LogP contribution in [-0.2, 0) is 4.79 Å². The van der Waals surface area contributed by atoms with E-state index in [1.165, 1.54) is 23.5 Å². The lowest BCUT2D eigenvalue weighted by atomic mass is 9.96. The van der Waals surface area contributed by atoms with Crippen molar-refractivity contribution in [1.29, 1.82) is 0 Å². The number of thiazole rings is 1. The predicted molar refractivity (Wildman–Crippen MR) is 97.4 cm³/mol. The van der Waals surface area contributed by atoms with Gasteiger partial charge in [0.1, 0.15) is 5.82 Å². The van der Waals surface area contributed by atoms with E-state index in [2.05, 4.69) is 20.2 Å². The Hall–Kier alpha value is -2.54. The zero-order chi connectivity index (χ0) is 17.2. The number of amides is 1. The molecule has 1 aliphatic heterocycles. The third kappa shape index (κ3) is 3.32. The molecule has 0 saturated carbocycles. The van der Waals surface area contributed by atoms with E-state index in [1.54, 1.807) is 18.5 Å². The van der Waals surface area contributed by atoms with Gasteiger partial charge in [0, 0.05) is 41.9 Å². The van der Waals surface area contributed by atoms with Crippen molar-refractivity contribution in [3.8, 4) is 0 Å². The van der Waals surface area contributed by atoms with Gasteiger partial charge in [-0.2, -0.15) is 0 Å². The SMILES string of the molecule is O=C(Nc1nccs1)C1CCCN(c2ccnc3ccc(F)cc23)C1. The maximum Gasteiger partial charge on any atom is 0.231 e. The van der Waals surface area contributed by atoms with Crippen molar-refractivity contribution in [2.75, 3.05) is 23.3 Å². The molecule has 1 aromatic carbocycles. The Morgan fingerprint density at radius 2 is 2.20 bits per heavy atom. The standard InChI is InChI=1S/C18H17FN4OS/c19-13-3-4-15-14(10-13)16(5-6-20-15)23-8-1-2-12(11-23)17(24)22-18-21-7-9-25-18/h3-7,9-10,12H,1-2,8,11H2,(H,21,22,24). The number of nitrogens with zero attached hydrogens (tertiary/aromatic N) is 3. The number of nitrogens with one attached hydrogen (secondary N) is 1. The number of halogens is 1. The Kier molecular flexibility index (Phi) is 4.31. The summed E-state index contributed by atoms with van der Waals surface area (Å²) in [5, 5.41) is 6.12. The molecule has 1 saturated heterocycles. The number of aromatic nitrogens is 2. The zero-order valence-electron chi connectivity index (χ0n) is 13.5. The van der Waals surface area contributed by atoms with Gasteiger partial charge < -0.3 is 10.2 Å². The molecule has 0 radical (unpaired) electrons. The van der Waals surface area contributed by atoms with Crippen molar-refractivity contribution in [3.63, 3.8) is 0 Å². The molecule has 5 nitrogen and oxygen atoms in total. The van der Waals surface area contributed by atoms with Gasteiger partial charge in [-0.15, -0.1) is 11.3 Å². The van der Waals surface area contributed by atoms with Crippen molar-refractivity contribution in [2.24, 2.45) is 5.92 Å². The van der Waals surface area contributed by atoms with E-state index in [1.807, 2.05) is 11.4 Å². The number of hydrogen-bond donors (Lipinski definition) is 1. The van der Waals surface area contributed by atoms with Gasteiger partial charge in [-0.3, -0.25) is 9.78 Å². The van der Waals surface area contributed by atoms with Crippen LogP contribution in [0.2, 0.25) is 0 Å². The molecule has 4 rings (SSSR count). The second kappa shape index (κ2) is 6.76. The quantitative estimate of drug-likeness (QED) is 0.778. The summed E-state index contributed by atoms with van der Waals surface area (Å²) < 4.78 is 13.7. The van der Waals surface area contributed by atoms with Crippen LogP contribution in [0.5, 0.6) is 0 Å². The Labute approximate surface area is 148 Å². The fraction of sp³-hybridized carbons (Fsp3) is 0.278. The fourth-order valence-corrected chi connectivity index (χ4v) is 3.81. The number of benzene rings is 1. The number of carbonyl (C=O) groups is 1. The molecule has 0 aliphatic carbocycles. The minimum Gasteiger partial charge on any atom is -0.370 e. The van der Waals surface area contributed by atoms with Gasteiger partial charge in [0.05, 0.1) is 11.4 Å². The van der Waals surface area contributed by atoms with Crippen LogP contribution >= 0.6 is 11.3 Å². The largest absolute Gasteiger partial charge is 0.370 e. The molecule has 0 bridgehead atoms. The molecule has 3 aromatic rings. The molecule has 0 spiro atoms. The van der Waals surface area contributed by atoms with Crippen molar-refractivity contribution in [3.05, 3.63) is 47.9 Å². The number of carbonyl (C=O) groups excluding carboxylic acids is 1. The van der Waals surface area contributed by atoms with Crippen molar-refractivity contribution >= 4 is 39.0 Å². The molecule has 1 unspecified atom stereocenters. The van der Waals surface area contributed by atoms with Crippen LogP contribution in [0.15, 0.2) is 42.0 Å². The number of anilines is 2. The average molecular weight is 356 g/mol. The summed E-state index contributed by atoms with van der Waals surface area (Å²) in [6.07, 6.45) is 5.15. The molecule has 3 heterocycles. The predicted octanol–water partition coefficient (Wildman–Crippen LogP) is 3.69. The van der Waals surface area contributed by atoms with E-state index in [4.69, 9.17) is 0 Å². The highest BCUT2D eigenvalue weighted by atomic mass is 32.1. The lowest BCUT2D eigenvalue weighted by molar-refractivity contribution is -0.120. The van der Waals surface area contributed by atoms with Gasteiger partial charge in [0.25, 0.3) is 0 Å². The molecular formula is C18H17FN4OS. The van der Waals surface area contributed by atoms with Crippen LogP contribution in [0.1, 0.15) is 12.8 Å². The van der Waals surface area contributed by atoms with E-state index >= 15 is 0 Å². The van der Waals surface area contributed by atoms with Crippen LogP contribution in [0, 0.1) is 11.7 Å². The maximum atomic E-state index is 13.7. The fourth-order valence-electron chi connectivity index (χ4n) is 3.28. The molecule has 1 atom stereocenters. The second-order valence-electron chi connectivity index (χ2n) is 6.10. The minimum atomic E-state index is -0.281. The number of fused-ring (bicyclic) bond motifs is 1. The molecule has 7 heteroatoms. The van der Waals surface area contributed by atoms with Gasteiger partial charge in [-0.05, 0) is 37.1 Å². The Bertz CT molecular complexity index is 899. The van der Waals surface area contributed by atoms with Crippen molar-refractivity contribution in [2.45, 2.75) is 12.8 Å². The van der Waals surface area contributed by atoms with Gasteiger partial charge in [0.15, 0.2) is 5.13 Å². The lowest BCUT2D eigenvalue weighted by Gasteiger charge is -2.34. The van der Waals surface area contributed by atoms with Crippen LogP contribution in [0.4, 0.5) is 15.2 Å². The first kappa shape index (κ1) is 16.0. The highest BCUT2D eigenvalue weighted by Crippen LogP contribution is 2.30. The first-order valence-corrected chi connectivity index (χ1v) is 9.08. The van der Waals surface area contributed by atoms with E-state index < -0.39 is 0 Å². The number of piperidine rings is 1. The molecule has 2 aromatic heterocycles. The summed E-state index contributed by atoms with van der Waals surface area (Å²) in [6, 6.07) is 6.50. The van der Waals surface area contributed by atoms with Gasteiger partial charge in [-0.1, -0.05) is 0 Å². The highest BCUT2D eigenvalue weighted by Gasteiger charge is 2.27. The lowest BCUT2D eigenvalue weighted by Crippen LogP contribution is -2.40. The molecule has 1 aliphatic rings. The molecule has 25 heavy (non-hydrogen) atoms. The highest BCUT2D eigenvalue weighted by molar-refractivity contribution is 7.13. The topological polar surface area (TPSA) is 58.1 Å². The van der Waals surface area contributed by atoms with Gasteiger partial charge in [-0.25, -0.2) is 9.37 Å². The molecule has 1 amide bonds. The summed E-state index contributed by atoms with van der Waals surface area (Å²) in [4.78, 5) is 23.1. The second-order valence-corrected chi connectivity index (χ2v) is 7.00. The summed E-state index contributed by atoms with van der Waals surface area (Å²) in [7, 11) is 0. The van der Waals surface area contributed by atoms with Crippen molar-refractivity contribution < 1.29 is 9.18 Å². The number of pyridine rings is 1. The Balaban J connectivity index is 1.57. The van der Waals surface area contributed by atoms with Gasteiger partial charge in [0.2, 0.25) is 5.91 Å². The normalized spacial score (nSPS) is 17.6. The smallest absolute Gasteiger partial charge is 0.231 e. The minimum absolute atomic E-state index is 0.0100. The van der Waals surface area contributed by atoms with Crippen LogP contribution in [0.25, 0.3) is 10.9 Å². The average Bonchev–Trinajstić information content (AvgIpc) is 3.14. The first-order chi connectivity index (χ1) is 12.2. The summed E-state index contributed by atoms with van der Waals surface area (Å²) in [5.41, 5.74) is 1.68. The summed E-state index contributed by atoms with van der Waals surface area (Å²) in [6.45, 7) is 1.45. The maximum absolute atomic E-state index is 13.7. The number of rotatable bonds is 3. The van der Waals surface area contributed by atoms with Crippen LogP contribution in [0.3, 0.4) is 0 Å².